The maximum absolute atomic E-state index is 13.1. The Labute approximate surface area is 441 Å². The molecule has 0 bridgehead atoms. The quantitative estimate of drug-likeness (QED) is 0.0228. The molecule has 1 rings (SSSR count). The molecule has 0 aliphatic carbocycles. The van der Waals surface area contributed by atoms with E-state index in [1.54, 1.807) is 0 Å². The van der Waals surface area contributed by atoms with Gasteiger partial charge in [0.1, 0.15) is 18.8 Å². The minimum Gasteiger partial charge on any atom is -0.479 e. The number of aliphatic hydroxyl groups is 2. The van der Waals surface area contributed by atoms with Gasteiger partial charge in [0.2, 0.25) is 0 Å². The third-order valence-corrected chi connectivity index (χ3v) is 12.5. The molecular weight excluding hydrogens is 925 g/mol. The lowest BCUT2D eigenvalue weighted by atomic mass is 9.98. The molecule has 1 aliphatic rings. The Morgan fingerprint density at radius 2 is 0.863 bits per heavy atom. The van der Waals surface area contributed by atoms with Crippen LogP contribution in [0.15, 0.2) is 85.1 Å². The predicted molar refractivity (Wildman–Crippen MR) is 294 cm³/mol. The highest BCUT2D eigenvalue weighted by atomic mass is 16.7. The highest BCUT2D eigenvalue weighted by Crippen LogP contribution is 2.26. The number of rotatable bonds is 47. The maximum Gasteiger partial charge on any atom is 0.335 e. The van der Waals surface area contributed by atoms with Crippen LogP contribution in [0.2, 0.25) is 0 Å². The summed E-state index contributed by atoms with van der Waals surface area (Å²) in [5, 5.41) is 31.4. The molecule has 0 aromatic heterocycles. The zero-order chi connectivity index (χ0) is 53.3. The molecule has 6 atom stereocenters. The summed E-state index contributed by atoms with van der Waals surface area (Å²) in [7, 11) is 0. The molecule has 1 aliphatic heterocycles. The standard InChI is InChI=1S/C61H100O12/c1-4-7-10-13-16-19-22-24-26-27-29-30-33-35-38-41-44-47-53(62)69-50-52(71-54(63)48-45-42-39-36-32-21-18-15-12-9-6-3)51-70-61-59(57(66)56(65)58(73-61)60(67)68)72-55(64)49-46-43-40-37-34-31-28-25-23-20-17-14-11-8-5-2/h7-8,10-11,16-17,19-20,24-26,28,34,37,52,56-59,61,65-66H,4-6,9,12-15,18,21-23,27,29-33,35-36,38-51H2,1-3H3,(H,67,68)/b10-7-,11-8-,19-16-,20-17-,26-24-,28-25-,37-34-. The van der Waals surface area contributed by atoms with Gasteiger partial charge in [-0.1, -0.05) is 202 Å². The van der Waals surface area contributed by atoms with Crippen LogP contribution in [0.1, 0.15) is 226 Å². The van der Waals surface area contributed by atoms with Gasteiger partial charge in [0, 0.05) is 19.3 Å². The second-order valence-corrected chi connectivity index (χ2v) is 19.2. The van der Waals surface area contributed by atoms with E-state index in [1.807, 2.05) is 0 Å². The molecule has 1 saturated heterocycles. The number of aliphatic carboxylic acids is 1. The van der Waals surface area contributed by atoms with Crippen molar-refractivity contribution >= 4 is 23.9 Å². The van der Waals surface area contributed by atoms with Crippen LogP contribution in [0.3, 0.4) is 0 Å². The summed E-state index contributed by atoms with van der Waals surface area (Å²) >= 11 is 0. The number of carbonyl (C=O) groups is 4. The normalized spacial score (nSPS) is 18.9. The fourth-order valence-electron chi connectivity index (χ4n) is 8.14. The van der Waals surface area contributed by atoms with Gasteiger partial charge < -0.3 is 39.0 Å². The molecule has 0 aromatic carbocycles. The van der Waals surface area contributed by atoms with Crippen LogP contribution in [0.5, 0.6) is 0 Å². The number of allylic oxidation sites excluding steroid dienone is 14. The van der Waals surface area contributed by atoms with E-state index in [9.17, 15) is 34.5 Å². The third-order valence-electron chi connectivity index (χ3n) is 12.5. The second-order valence-electron chi connectivity index (χ2n) is 19.2. The molecule has 1 heterocycles. The van der Waals surface area contributed by atoms with E-state index in [1.165, 1.54) is 51.4 Å². The van der Waals surface area contributed by atoms with Crippen molar-refractivity contribution in [2.75, 3.05) is 13.2 Å². The lowest BCUT2D eigenvalue weighted by Gasteiger charge is -2.40. The van der Waals surface area contributed by atoms with Crippen LogP contribution >= 0.6 is 0 Å². The first-order valence-corrected chi connectivity index (χ1v) is 28.6. The van der Waals surface area contributed by atoms with Crippen molar-refractivity contribution in [1.29, 1.82) is 0 Å². The summed E-state index contributed by atoms with van der Waals surface area (Å²) in [6.45, 7) is 5.72. The number of ether oxygens (including phenoxy) is 5. The van der Waals surface area contributed by atoms with Crippen molar-refractivity contribution in [2.45, 2.75) is 263 Å². The minimum absolute atomic E-state index is 0.00535. The fourth-order valence-corrected chi connectivity index (χ4v) is 8.14. The molecule has 1 fully saturated rings. The van der Waals surface area contributed by atoms with Crippen molar-refractivity contribution in [3.63, 3.8) is 0 Å². The van der Waals surface area contributed by atoms with E-state index in [0.717, 1.165) is 109 Å². The van der Waals surface area contributed by atoms with E-state index in [-0.39, 0.29) is 25.9 Å². The van der Waals surface area contributed by atoms with Gasteiger partial charge in [-0.3, -0.25) is 14.4 Å². The monoisotopic (exact) mass is 1020 g/mol. The van der Waals surface area contributed by atoms with E-state index in [0.29, 0.717) is 25.7 Å². The molecule has 0 radical (unpaired) electrons. The number of carboxylic acid groups (broad SMARTS) is 1. The number of carboxylic acids is 1. The van der Waals surface area contributed by atoms with Crippen molar-refractivity contribution < 1.29 is 58.2 Å². The highest BCUT2D eigenvalue weighted by Gasteiger charge is 2.50. The van der Waals surface area contributed by atoms with Crippen molar-refractivity contribution in [1.82, 2.24) is 0 Å². The smallest absolute Gasteiger partial charge is 0.335 e. The van der Waals surface area contributed by atoms with Gasteiger partial charge >= 0.3 is 23.9 Å². The molecular formula is C61H100O12. The average molecular weight is 1030 g/mol. The van der Waals surface area contributed by atoms with Crippen LogP contribution < -0.4 is 0 Å². The molecule has 12 nitrogen and oxygen atoms in total. The predicted octanol–water partition coefficient (Wildman–Crippen LogP) is 14.3. The zero-order valence-corrected chi connectivity index (χ0v) is 45.6. The number of carbonyl (C=O) groups excluding carboxylic acids is 3. The summed E-state index contributed by atoms with van der Waals surface area (Å²) in [6.07, 6.45) is 49.9. The number of hydrogen-bond acceptors (Lipinski definition) is 11. The molecule has 6 unspecified atom stereocenters. The van der Waals surface area contributed by atoms with Gasteiger partial charge in [-0.2, -0.15) is 0 Å². The lowest BCUT2D eigenvalue weighted by Crippen LogP contribution is -2.61. The number of aliphatic hydroxyl groups excluding tert-OH is 2. The molecule has 0 aromatic rings. The summed E-state index contributed by atoms with van der Waals surface area (Å²) < 4.78 is 28.3. The Balaban J connectivity index is 2.71. The molecule has 73 heavy (non-hydrogen) atoms. The molecule has 12 heteroatoms. The number of unbranched alkanes of at least 4 members (excludes halogenated alkanes) is 19. The SMILES string of the molecule is CC/C=C\C/C=C\C/C=C\C/C=C\CCCCC(=O)OC1C(OCC(COC(=O)CCCCCCCCC/C=C\C/C=C\C/C=C\CC)OC(=O)CCCCCCCCCCCCC)OC(C(=O)O)C(O)C1O. The average Bonchev–Trinajstić information content (AvgIpc) is 3.37. The first-order valence-electron chi connectivity index (χ1n) is 28.6. The molecule has 0 saturated carbocycles. The van der Waals surface area contributed by atoms with Gasteiger partial charge in [-0.05, 0) is 89.9 Å². The topological polar surface area (TPSA) is 175 Å². The minimum atomic E-state index is -1.92. The fraction of sp³-hybridized carbons (Fsp3) is 0.705. The van der Waals surface area contributed by atoms with E-state index in [4.69, 9.17) is 23.7 Å². The Hall–Kier alpha value is -4.10. The summed E-state index contributed by atoms with van der Waals surface area (Å²) in [5.74, 6) is -3.19. The maximum atomic E-state index is 13.1. The Bertz CT molecular complexity index is 1590. The van der Waals surface area contributed by atoms with Crippen LogP contribution in [0, 0.1) is 0 Å². The van der Waals surface area contributed by atoms with Gasteiger partial charge in [-0.15, -0.1) is 0 Å². The summed E-state index contributed by atoms with van der Waals surface area (Å²) in [6, 6.07) is 0. The largest absolute Gasteiger partial charge is 0.479 e. The Kier molecular flexibility index (Phi) is 44.7. The number of esters is 3. The molecule has 0 amide bonds. The summed E-state index contributed by atoms with van der Waals surface area (Å²) in [5.41, 5.74) is 0. The van der Waals surface area contributed by atoms with Gasteiger partial charge in [0.25, 0.3) is 0 Å². The van der Waals surface area contributed by atoms with Crippen LogP contribution in [-0.4, -0.2) is 89.2 Å². The van der Waals surface area contributed by atoms with Gasteiger partial charge in [0.05, 0.1) is 6.61 Å². The van der Waals surface area contributed by atoms with Crippen molar-refractivity contribution in [3.8, 4) is 0 Å². The Morgan fingerprint density at radius 3 is 1.34 bits per heavy atom. The summed E-state index contributed by atoms with van der Waals surface area (Å²) in [4.78, 5) is 51.0. The third kappa shape index (κ3) is 39.0. The van der Waals surface area contributed by atoms with E-state index < -0.39 is 67.3 Å². The zero-order valence-electron chi connectivity index (χ0n) is 45.6. The molecule has 0 spiro atoms. The van der Waals surface area contributed by atoms with Crippen LogP contribution in [0.25, 0.3) is 0 Å². The van der Waals surface area contributed by atoms with E-state index >= 15 is 0 Å². The first kappa shape index (κ1) is 66.9. The second kappa shape index (κ2) is 48.8. The van der Waals surface area contributed by atoms with Gasteiger partial charge in [0.15, 0.2) is 24.6 Å². The van der Waals surface area contributed by atoms with Crippen LogP contribution in [0.4, 0.5) is 0 Å². The number of hydrogen-bond donors (Lipinski definition) is 3. The molecule has 416 valence electrons. The Morgan fingerprint density at radius 1 is 0.466 bits per heavy atom. The van der Waals surface area contributed by atoms with Crippen molar-refractivity contribution in [2.24, 2.45) is 0 Å². The lowest BCUT2D eigenvalue weighted by molar-refractivity contribution is -0.301. The van der Waals surface area contributed by atoms with Crippen molar-refractivity contribution in [3.05, 3.63) is 85.1 Å². The highest BCUT2D eigenvalue weighted by molar-refractivity contribution is 5.74. The van der Waals surface area contributed by atoms with E-state index in [2.05, 4.69) is 106 Å². The molecule has 3 N–H and O–H groups in total. The van der Waals surface area contributed by atoms with Gasteiger partial charge in [-0.25, -0.2) is 4.79 Å². The van der Waals surface area contributed by atoms with Crippen LogP contribution in [-0.2, 0) is 42.9 Å². The first-order chi connectivity index (χ1) is 35.6.